The number of H-pyrrole nitrogens is 1. The van der Waals surface area contributed by atoms with E-state index in [1.807, 2.05) is 54.6 Å². The molecule has 1 heterocycles. The van der Waals surface area contributed by atoms with Crippen LogP contribution in [0.2, 0.25) is 0 Å². The molecule has 0 saturated heterocycles. The number of aromatic amines is 1. The molecule has 0 unspecified atom stereocenters. The van der Waals surface area contributed by atoms with Crippen LogP contribution in [0.25, 0.3) is 10.8 Å². The molecule has 0 aliphatic heterocycles. The molecule has 20 heavy (non-hydrogen) atoms. The molecule has 0 saturated carbocycles. The molecule has 0 aliphatic rings. The van der Waals surface area contributed by atoms with Crippen LogP contribution in [0, 0.1) is 10.1 Å². The lowest BCUT2D eigenvalue weighted by Crippen LogP contribution is -2.14. The van der Waals surface area contributed by atoms with E-state index in [4.69, 9.17) is 0 Å². The number of nitrogens with zero attached hydrogens (tertiary/aromatic N) is 1. The van der Waals surface area contributed by atoms with E-state index in [2.05, 4.69) is 4.98 Å². The highest BCUT2D eigenvalue weighted by Gasteiger charge is 2.21. The second-order valence-electron chi connectivity index (χ2n) is 4.80. The summed E-state index contributed by atoms with van der Waals surface area (Å²) in [6.07, 6.45) is 1.79. The molecule has 1 atom stereocenters. The topological polar surface area (TPSA) is 58.9 Å². The van der Waals surface area contributed by atoms with Crippen LogP contribution in [-0.2, 0) is 0 Å². The molecule has 3 rings (SSSR count). The summed E-state index contributed by atoms with van der Waals surface area (Å²) in [7, 11) is 0. The van der Waals surface area contributed by atoms with Crippen molar-refractivity contribution in [3.8, 4) is 0 Å². The number of fused-ring (bicyclic) bond motifs is 1. The second-order valence-corrected chi connectivity index (χ2v) is 4.80. The molecule has 0 radical (unpaired) electrons. The third kappa shape index (κ3) is 2.40. The highest BCUT2D eigenvalue weighted by molar-refractivity contribution is 5.83. The maximum Gasteiger partial charge on any atom is 0.216 e. The van der Waals surface area contributed by atoms with Gasteiger partial charge < -0.3 is 4.98 Å². The van der Waals surface area contributed by atoms with Gasteiger partial charge >= 0.3 is 0 Å². The average Bonchev–Trinajstić information content (AvgIpc) is 2.98. The van der Waals surface area contributed by atoms with Gasteiger partial charge in [-0.25, -0.2) is 0 Å². The predicted octanol–water partition coefficient (Wildman–Crippen LogP) is 3.58. The molecule has 1 N–H and O–H groups in total. The number of hydrogen-bond acceptors (Lipinski definition) is 2. The molecule has 3 aromatic rings. The molecular weight excluding hydrogens is 252 g/mol. The van der Waals surface area contributed by atoms with E-state index in [1.165, 1.54) is 0 Å². The molecule has 0 aliphatic carbocycles. The Balaban J connectivity index is 2.06. The van der Waals surface area contributed by atoms with Crippen molar-refractivity contribution >= 4 is 10.8 Å². The van der Waals surface area contributed by atoms with Gasteiger partial charge in [-0.2, -0.15) is 0 Å². The van der Waals surface area contributed by atoms with Gasteiger partial charge in [-0.15, -0.1) is 0 Å². The minimum atomic E-state index is -0.263. The van der Waals surface area contributed by atoms with Crippen molar-refractivity contribution in [2.75, 3.05) is 6.54 Å². The first-order valence-corrected chi connectivity index (χ1v) is 6.48. The third-order valence-electron chi connectivity index (χ3n) is 3.50. The molecule has 1 aromatic heterocycles. The lowest BCUT2D eigenvalue weighted by Gasteiger charge is -2.13. The van der Waals surface area contributed by atoms with Crippen molar-refractivity contribution in [3.05, 3.63) is 82.2 Å². The van der Waals surface area contributed by atoms with E-state index in [1.54, 1.807) is 6.20 Å². The van der Waals surface area contributed by atoms with Crippen LogP contribution >= 0.6 is 0 Å². The molecule has 0 bridgehead atoms. The van der Waals surface area contributed by atoms with Gasteiger partial charge in [-0.3, -0.25) is 10.1 Å². The minimum Gasteiger partial charge on any atom is -0.364 e. The van der Waals surface area contributed by atoms with Gasteiger partial charge in [0.1, 0.15) is 0 Å². The number of nitro groups is 1. The predicted molar refractivity (Wildman–Crippen MR) is 78.4 cm³/mol. The van der Waals surface area contributed by atoms with Crippen LogP contribution in [0.4, 0.5) is 0 Å². The van der Waals surface area contributed by atoms with E-state index in [-0.39, 0.29) is 17.4 Å². The highest BCUT2D eigenvalue weighted by atomic mass is 16.6. The fourth-order valence-corrected chi connectivity index (χ4v) is 2.52. The first kappa shape index (κ1) is 12.4. The number of benzene rings is 2. The Morgan fingerprint density at radius 2 is 1.85 bits per heavy atom. The fraction of sp³-hybridized carbons (Fsp3) is 0.125. The molecule has 4 heteroatoms. The standard InChI is InChI=1S/C16H14N2O2/c19-18(20)11-15(16-6-3-9-17-16)14-8-7-12-4-1-2-5-13(12)10-14/h1-10,15,17H,11H2/t15-/m0/s1. The van der Waals surface area contributed by atoms with E-state index in [9.17, 15) is 10.1 Å². The van der Waals surface area contributed by atoms with Crippen molar-refractivity contribution in [1.82, 2.24) is 4.98 Å². The first-order chi connectivity index (χ1) is 9.74. The number of nitrogens with one attached hydrogen (secondary N) is 1. The fourth-order valence-electron chi connectivity index (χ4n) is 2.52. The normalized spacial score (nSPS) is 12.4. The molecule has 0 spiro atoms. The summed E-state index contributed by atoms with van der Waals surface area (Å²) < 4.78 is 0. The average molecular weight is 266 g/mol. The van der Waals surface area contributed by atoms with Gasteiger partial charge in [0.2, 0.25) is 6.54 Å². The van der Waals surface area contributed by atoms with Gasteiger partial charge in [0.05, 0.1) is 5.92 Å². The van der Waals surface area contributed by atoms with Crippen molar-refractivity contribution in [1.29, 1.82) is 0 Å². The minimum absolute atomic E-state index is 0.112. The van der Waals surface area contributed by atoms with E-state index in [0.29, 0.717) is 0 Å². The molecule has 2 aromatic carbocycles. The Hall–Kier alpha value is -2.62. The molecule has 0 amide bonds. The Morgan fingerprint density at radius 1 is 1.05 bits per heavy atom. The van der Waals surface area contributed by atoms with Crippen molar-refractivity contribution in [3.63, 3.8) is 0 Å². The molecular formula is C16H14N2O2. The van der Waals surface area contributed by atoms with Crippen LogP contribution in [0.1, 0.15) is 17.2 Å². The van der Waals surface area contributed by atoms with Gasteiger partial charge in [-0.05, 0) is 28.5 Å². The Kier molecular flexibility index (Phi) is 3.21. The van der Waals surface area contributed by atoms with E-state index < -0.39 is 0 Å². The van der Waals surface area contributed by atoms with E-state index in [0.717, 1.165) is 22.0 Å². The van der Waals surface area contributed by atoms with Crippen molar-refractivity contribution < 1.29 is 4.92 Å². The summed E-state index contributed by atoms with van der Waals surface area (Å²) in [5, 5.41) is 13.2. The quantitative estimate of drug-likeness (QED) is 0.579. The maximum atomic E-state index is 10.9. The summed E-state index contributed by atoms with van der Waals surface area (Å²) in [5.74, 6) is -0.246. The monoisotopic (exact) mass is 266 g/mol. The Morgan fingerprint density at radius 3 is 2.55 bits per heavy atom. The zero-order valence-electron chi connectivity index (χ0n) is 10.8. The summed E-state index contributed by atoms with van der Waals surface area (Å²) in [4.78, 5) is 13.8. The van der Waals surface area contributed by atoms with Crippen molar-refractivity contribution in [2.45, 2.75) is 5.92 Å². The molecule has 100 valence electrons. The summed E-state index contributed by atoms with van der Waals surface area (Å²) in [6.45, 7) is -0.112. The summed E-state index contributed by atoms with van der Waals surface area (Å²) in [5.41, 5.74) is 1.83. The number of rotatable bonds is 4. The zero-order chi connectivity index (χ0) is 13.9. The van der Waals surface area contributed by atoms with Crippen LogP contribution < -0.4 is 0 Å². The second kappa shape index (κ2) is 5.17. The molecule has 0 fully saturated rings. The van der Waals surface area contributed by atoms with Crippen molar-refractivity contribution in [2.24, 2.45) is 0 Å². The number of aromatic nitrogens is 1. The number of hydrogen-bond donors (Lipinski definition) is 1. The Labute approximate surface area is 116 Å². The lowest BCUT2D eigenvalue weighted by molar-refractivity contribution is -0.481. The highest BCUT2D eigenvalue weighted by Crippen LogP contribution is 2.26. The van der Waals surface area contributed by atoms with Crippen LogP contribution in [0.15, 0.2) is 60.8 Å². The maximum absolute atomic E-state index is 10.9. The first-order valence-electron chi connectivity index (χ1n) is 6.48. The summed E-state index contributed by atoms with van der Waals surface area (Å²) >= 11 is 0. The van der Waals surface area contributed by atoms with Crippen LogP contribution in [0.5, 0.6) is 0 Å². The van der Waals surface area contributed by atoms with Gasteiger partial charge in [-0.1, -0.05) is 42.5 Å². The largest absolute Gasteiger partial charge is 0.364 e. The van der Waals surface area contributed by atoms with Gasteiger partial charge in [0.15, 0.2) is 0 Å². The van der Waals surface area contributed by atoms with Gasteiger partial charge in [0.25, 0.3) is 0 Å². The zero-order valence-corrected chi connectivity index (χ0v) is 10.8. The smallest absolute Gasteiger partial charge is 0.216 e. The lowest BCUT2D eigenvalue weighted by atomic mass is 9.93. The van der Waals surface area contributed by atoms with Crippen LogP contribution in [-0.4, -0.2) is 16.5 Å². The summed E-state index contributed by atoms with van der Waals surface area (Å²) in [6, 6.07) is 17.8. The van der Waals surface area contributed by atoms with Gasteiger partial charge in [0, 0.05) is 16.8 Å². The van der Waals surface area contributed by atoms with Crippen LogP contribution in [0.3, 0.4) is 0 Å². The Bertz CT molecular complexity index is 735. The third-order valence-corrected chi connectivity index (χ3v) is 3.50. The molecule has 4 nitrogen and oxygen atoms in total. The van der Waals surface area contributed by atoms with E-state index >= 15 is 0 Å². The SMILES string of the molecule is O=[N+]([O-])C[C@@H](c1ccc2ccccc2c1)c1ccc[nH]1.